The Labute approximate surface area is 103 Å². The fraction of sp³-hybridized carbons (Fsp3) is 0.692. The van der Waals surface area contributed by atoms with Crippen LogP contribution in [-0.4, -0.2) is 25.8 Å². The molecule has 0 fully saturated rings. The largest absolute Gasteiger partial charge is 0.380 e. The van der Waals surface area contributed by atoms with Crippen LogP contribution in [0.4, 0.5) is 0 Å². The number of ether oxygens (including phenoxy) is 1. The van der Waals surface area contributed by atoms with Gasteiger partial charge in [0.2, 0.25) is 0 Å². The van der Waals surface area contributed by atoms with E-state index in [1.165, 1.54) is 18.4 Å². The first-order chi connectivity index (χ1) is 7.83. The highest BCUT2D eigenvalue weighted by atomic mass is 32.1. The van der Waals surface area contributed by atoms with Gasteiger partial charge in [0.05, 0.1) is 6.61 Å². The van der Waals surface area contributed by atoms with Gasteiger partial charge >= 0.3 is 0 Å². The molecule has 1 aromatic heterocycles. The Morgan fingerprint density at radius 1 is 1.44 bits per heavy atom. The van der Waals surface area contributed by atoms with Crippen molar-refractivity contribution in [1.82, 2.24) is 5.32 Å². The van der Waals surface area contributed by atoms with Crippen LogP contribution in [0.15, 0.2) is 16.8 Å². The summed E-state index contributed by atoms with van der Waals surface area (Å²) in [5.74, 6) is 0. The molecule has 1 aromatic rings. The van der Waals surface area contributed by atoms with Gasteiger partial charge in [-0.2, -0.15) is 11.3 Å². The van der Waals surface area contributed by atoms with Crippen LogP contribution in [0.3, 0.4) is 0 Å². The van der Waals surface area contributed by atoms with Crippen molar-refractivity contribution in [3.05, 3.63) is 22.4 Å². The van der Waals surface area contributed by atoms with E-state index in [4.69, 9.17) is 4.74 Å². The number of hydrogen-bond donors (Lipinski definition) is 1. The monoisotopic (exact) mass is 241 g/mol. The second-order valence-electron chi connectivity index (χ2n) is 4.16. The van der Waals surface area contributed by atoms with Crippen LogP contribution in [0.1, 0.15) is 32.3 Å². The predicted molar refractivity (Wildman–Crippen MR) is 71.2 cm³/mol. The summed E-state index contributed by atoms with van der Waals surface area (Å²) < 4.78 is 5.50. The van der Waals surface area contributed by atoms with Crippen LogP contribution in [0, 0.1) is 0 Å². The van der Waals surface area contributed by atoms with Crippen molar-refractivity contribution in [2.45, 2.75) is 39.2 Å². The first-order valence-corrected chi connectivity index (χ1v) is 7.09. The van der Waals surface area contributed by atoms with Crippen LogP contribution >= 0.6 is 11.3 Å². The first kappa shape index (κ1) is 13.7. The predicted octanol–water partition coefficient (Wildman–Crippen LogP) is 3.09. The lowest BCUT2D eigenvalue weighted by molar-refractivity contribution is 0.131. The maximum Gasteiger partial charge on any atom is 0.0591 e. The van der Waals surface area contributed by atoms with Crippen molar-refractivity contribution in [3.63, 3.8) is 0 Å². The summed E-state index contributed by atoms with van der Waals surface area (Å²) in [4.78, 5) is 0. The second kappa shape index (κ2) is 8.74. The van der Waals surface area contributed by atoms with E-state index >= 15 is 0 Å². The van der Waals surface area contributed by atoms with Crippen molar-refractivity contribution in [1.29, 1.82) is 0 Å². The second-order valence-corrected chi connectivity index (χ2v) is 4.94. The third kappa shape index (κ3) is 6.26. The van der Waals surface area contributed by atoms with Crippen LogP contribution < -0.4 is 5.32 Å². The highest BCUT2D eigenvalue weighted by molar-refractivity contribution is 7.07. The minimum absolute atomic E-state index is 0.532. The average molecular weight is 241 g/mol. The minimum atomic E-state index is 0.532. The molecule has 3 heteroatoms. The topological polar surface area (TPSA) is 21.3 Å². The van der Waals surface area contributed by atoms with Gasteiger partial charge in [-0.3, -0.25) is 0 Å². The van der Waals surface area contributed by atoms with Gasteiger partial charge < -0.3 is 10.1 Å². The Balaban J connectivity index is 1.96. The van der Waals surface area contributed by atoms with Crippen LogP contribution in [0.5, 0.6) is 0 Å². The summed E-state index contributed by atoms with van der Waals surface area (Å²) in [6, 6.07) is 2.73. The van der Waals surface area contributed by atoms with E-state index in [0.29, 0.717) is 6.04 Å². The molecule has 1 unspecified atom stereocenters. The molecule has 0 saturated heterocycles. The molecule has 92 valence electrons. The van der Waals surface area contributed by atoms with Crippen molar-refractivity contribution in [2.24, 2.45) is 0 Å². The summed E-state index contributed by atoms with van der Waals surface area (Å²) in [6.07, 6.45) is 3.49. The van der Waals surface area contributed by atoms with Gasteiger partial charge in [0, 0.05) is 19.2 Å². The summed E-state index contributed by atoms with van der Waals surface area (Å²) in [5, 5.41) is 7.83. The Morgan fingerprint density at radius 2 is 2.31 bits per heavy atom. The van der Waals surface area contributed by atoms with Gasteiger partial charge in [0.15, 0.2) is 0 Å². The number of hydrogen-bond acceptors (Lipinski definition) is 3. The van der Waals surface area contributed by atoms with Crippen molar-refractivity contribution in [2.75, 3.05) is 19.8 Å². The molecule has 1 heterocycles. The lowest BCUT2D eigenvalue weighted by Crippen LogP contribution is -2.31. The number of rotatable bonds is 9. The van der Waals surface area contributed by atoms with Crippen molar-refractivity contribution >= 4 is 11.3 Å². The van der Waals surface area contributed by atoms with E-state index in [0.717, 1.165) is 26.2 Å². The molecule has 1 N–H and O–H groups in total. The maximum atomic E-state index is 5.50. The lowest BCUT2D eigenvalue weighted by Gasteiger charge is -2.13. The molecule has 0 aliphatic carbocycles. The van der Waals surface area contributed by atoms with Gasteiger partial charge in [-0.05, 0) is 42.2 Å². The molecular formula is C13H23NOS. The fourth-order valence-electron chi connectivity index (χ4n) is 1.56. The summed E-state index contributed by atoms with van der Waals surface area (Å²) >= 11 is 1.77. The molecular weight excluding hydrogens is 218 g/mol. The van der Waals surface area contributed by atoms with E-state index in [2.05, 4.69) is 36.0 Å². The molecule has 0 aliphatic heterocycles. The summed E-state index contributed by atoms with van der Waals surface area (Å²) in [5.41, 5.74) is 1.43. The van der Waals surface area contributed by atoms with Crippen LogP contribution in [0.25, 0.3) is 0 Å². The SMILES string of the molecule is CCCCOCCNC(C)Cc1ccsc1. The van der Waals surface area contributed by atoms with E-state index in [9.17, 15) is 0 Å². The lowest BCUT2D eigenvalue weighted by atomic mass is 10.1. The molecule has 0 aliphatic rings. The number of unbranched alkanes of at least 4 members (excludes halogenated alkanes) is 1. The first-order valence-electron chi connectivity index (χ1n) is 6.15. The molecule has 0 bridgehead atoms. The maximum absolute atomic E-state index is 5.50. The van der Waals surface area contributed by atoms with E-state index < -0.39 is 0 Å². The summed E-state index contributed by atoms with van der Waals surface area (Å²) in [7, 11) is 0. The van der Waals surface area contributed by atoms with Gasteiger partial charge in [-0.25, -0.2) is 0 Å². The van der Waals surface area contributed by atoms with Crippen molar-refractivity contribution < 1.29 is 4.74 Å². The zero-order valence-electron chi connectivity index (χ0n) is 10.4. The summed E-state index contributed by atoms with van der Waals surface area (Å²) in [6.45, 7) is 7.09. The van der Waals surface area contributed by atoms with Gasteiger partial charge in [-0.15, -0.1) is 0 Å². The third-order valence-electron chi connectivity index (χ3n) is 2.50. The van der Waals surface area contributed by atoms with Crippen LogP contribution in [-0.2, 0) is 11.2 Å². The van der Waals surface area contributed by atoms with Gasteiger partial charge in [0.1, 0.15) is 0 Å². The Hall–Kier alpha value is -0.380. The van der Waals surface area contributed by atoms with Gasteiger partial charge in [-0.1, -0.05) is 13.3 Å². The molecule has 2 nitrogen and oxygen atoms in total. The number of nitrogens with one attached hydrogen (secondary N) is 1. The third-order valence-corrected chi connectivity index (χ3v) is 3.24. The zero-order chi connectivity index (χ0) is 11.6. The van der Waals surface area contributed by atoms with E-state index in [1.807, 2.05) is 0 Å². The zero-order valence-corrected chi connectivity index (χ0v) is 11.2. The fourth-order valence-corrected chi connectivity index (χ4v) is 2.24. The Morgan fingerprint density at radius 3 is 3.00 bits per heavy atom. The molecule has 16 heavy (non-hydrogen) atoms. The molecule has 1 rings (SSSR count). The Bertz CT molecular complexity index is 248. The van der Waals surface area contributed by atoms with Gasteiger partial charge in [0.25, 0.3) is 0 Å². The molecule has 1 atom stereocenters. The minimum Gasteiger partial charge on any atom is -0.380 e. The van der Waals surface area contributed by atoms with Crippen molar-refractivity contribution in [3.8, 4) is 0 Å². The molecule has 0 amide bonds. The van der Waals surface area contributed by atoms with Crippen LogP contribution in [0.2, 0.25) is 0 Å². The Kier molecular flexibility index (Phi) is 7.47. The standard InChI is InChI=1S/C13H23NOS/c1-3-4-7-15-8-6-14-12(2)10-13-5-9-16-11-13/h5,9,11-12,14H,3-4,6-8,10H2,1-2H3. The quantitative estimate of drug-likeness (QED) is 0.671. The molecule has 0 radical (unpaired) electrons. The number of thiophene rings is 1. The highest BCUT2D eigenvalue weighted by Gasteiger charge is 2.02. The normalized spacial score (nSPS) is 12.9. The van der Waals surface area contributed by atoms with E-state index in [-0.39, 0.29) is 0 Å². The smallest absolute Gasteiger partial charge is 0.0591 e. The highest BCUT2D eigenvalue weighted by Crippen LogP contribution is 2.08. The molecule has 0 saturated carbocycles. The molecule has 0 spiro atoms. The van der Waals surface area contributed by atoms with E-state index in [1.54, 1.807) is 11.3 Å². The average Bonchev–Trinajstić information content (AvgIpc) is 2.76. The molecule has 0 aromatic carbocycles.